The first kappa shape index (κ1) is 8.82. The van der Waals surface area contributed by atoms with Crippen molar-refractivity contribution in [2.45, 2.75) is 18.9 Å². The molecule has 0 saturated heterocycles. The molecular formula is C11H12N4. The summed E-state index contributed by atoms with van der Waals surface area (Å²) in [4.78, 5) is 2.95. The molecular weight excluding hydrogens is 188 g/mol. The minimum absolute atomic E-state index is 0.111. The first-order chi connectivity index (χ1) is 7.35. The minimum atomic E-state index is 0.111. The third kappa shape index (κ3) is 1.04. The van der Waals surface area contributed by atoms with Crippen molar-refractivity contribution in [3.05, 3.63) is 22.6 Å². The summed E-state index contributed by atoms with van der Waals surface area (Å²) >= 11 is 0. The molecule has 0 heterocycles. The predicted molar refractivity (Wildman–Crippen MR) is 54.4 cm³/mol. The van der Waals surface area contributed by atoms with Gasteiger partial charge in [0.05, 0.1) is 12.0 Å². The quantitative estimate of drug-likeness (QED) is 0.277. The van der Waals surface area contributed by atoms with E-state index in [1.54, 1.807) is 0 Å². The Kier molecular flexibility index (Phi) is 1.77. The number of nitrogens with zero attached hydrogens (tertiary/aromatic N) is 4. The second-order valence-electron chi connectivity index (χ2n) is 4.86. The highest BCUT2D eigenvalue weighted by Gasteiger charge is 2.53. The summed E-state index contributed by atoms with van der Waals surface area (Å²) in [5.41, 5.74) is 8.57. The number of rotatable bonds is 1. The van der Waals surface area contributed by atoms with Gasteiger partial charge in [0.25, 0.3) is 0 Å². The lowest BCUT2D eigenvalue weighted by Gasteiger charge is -2.15. The van der Waals surface area contributed by atoms with Crippen LogP contribution in [-0.2, 0) is 0 Å². The van der Waals surface area contributed by atoms with Crippen LogP contribution in [0.4, 0.5) is 0 Å². The van der Waals surface area contributed by atoms with Crippen molar-refractivity contribution in [1.82, 2.24) is 0 Å². The summed E-state index contributed by atoms with van der Waals surface area (Å²) in [6.45, 7) is 0. The highest BCUT2D eigenvalue weighted by molar-refractivity contribution is 5.20. The van der Waals surface area contributed by atoms with Gasteiger partial charge in [-0.05, 0) is 42.0 Å². The molecule has 6 atom stereocenters. The maximum absolute atomic E-state index is 9.16. The maximum Gasteiger partial charge on any atom is 0.0665 e. The maximum atomic E-state index is 9.16. The lowest BCUT2D eigenvalue weighted by atomic mass is 9.90. The first-order valence-corrected chi connectivity index (χ1v) is 5.47. The van der Waals surface area contributed by atoms with E-state index in [0.29, 0.717) is 23.7 Å². The molecule has 0 aromatic rings. The molecule has 0 amide bonds. The van der Waals surface area contributed by atoms with Crippen LogP contribution in [0.2, 0.25) is 0 Å². The van der Waals surface area contributed by atoms with Gasteiger partial charge in [-0.15, -0.1) is 0 Å². The minimum Gasteiger partial charge on any atom is -0.198 e. The van der Waals surface area contributed by atoms with Crippen LogP contribution < -0.4 is 0 Å². The summed E-state index contributed by atoms with van der Waals surface area (Å²) in [6.07, 6.45) is 6.45. The van der Waals surface area contributed by atoms with Crippen molar-refractivity contribution in [3.63, 3.8) is 0 Å². The summed E-state index contributed by atoms with van der Waals surface area (Å²) in [5, 5.41) is 13.1. The SMILES string of the molecule is N#C[C@@H]1C2CC3C=C[C@H]1C[C@H]2[C@@H]3N=[N+]=[N-]. The number of hydrogen-bond donors (Lipinski definition) is 0. The molecule has 0 aromatic heterocycles. The Balaban J connectivity index is 2.02. The van der Waals surface area contributed by atoms with Crippen LogP contribution in [-0.4, -0.2) is 6.04 Å². The van der Waals surface area contributed by atoms with E-state index in [9.17, 15) is 0 Å². The van der Waals surface area contributed by atoms with E-state index in [-0.39, 0.29) is 12.0 Å². The Bertz CT molecular complexity index is 401. The van der Waals surface area contributed by atoms with Gasteiger partial charge in [-0.25, -0.2) is 0 Å². The van der Waals surface area contributed by atoms with Gasteiger partial charge in [0.2, 0.25) is 0 Å². The Morgan fingerprint density at radius 2 is 2.00 bits per heavy atom. The molecule has 4 heteroatoms. The normalized spacial score (nSPS) is 49.8. The van der Waals surface area contributed by atoms with Gasteiger partial charge >= 0.3 is 0 Å². The number of allylic oxidation sites excluding steroid dienone is 1. The summed E-state index contributed by atoms with van der Waals surface area (Å²) in [6, 6.07) is 2.55. The van der Waals surface area contributed by atoms with Gasteiger partial charge in [-0.1, -0.05) is 17.3 Å². The third-order valence-corrected chi connectivity index (χ3v) is 4.38. The zero-order valence-electron chi connectivity index (χ0n) is 8.32. The smallest absolute Gasteiger partial charge is 0.0665 e. The summed E-state index contributed by atoms with van der Waals surface area (Å²) < 4.78 is 0. The van der Waals surface area contributed by atoms with E-state index < -0.39 is 0 Å². The van der Waals surface area contributed by atoms with Crippen LogP contribution >= 0.6 is 0 Å². The Morgan fingerprint density at radius 3 is 2.73 bits per heavy atom. The zero-order chi connectivity index (χ0) is 10.4. The lowest BCUT2D eigenvalue weighted by Crippen LogP contribution is -2.17. The highest BCUT2D eigenvalue weighted by Crippen LogP contribution is 2.56. The van der Waals surface area contributed by atoms with E-state index in [2.05, 4.69) is 28.2 Å². The molecule has 4 aliphatic rings. The zero-order valence-corrected chi connectivity index (χ0v) is 8.32. The van der Waals surface area contributed by atoms with Crippen LogP contribution in [0.3, 0.4) is 0 Å². The molecule has 76 valence electrons. The first-order valence-electron chi connectivity index (χ1n) is 5.47. The van der Waals surface area contributed by atoms with Crippen LogP contribution in [0.15, 0.2) is 17.3 Å². The molecule has 4 bridgehead atoms. The van der Waals surface area contributed by atoms with Crippen molar-refractivity contribution < 1.29 is 0 Å². The summed E-state index contributed by atoms with van der Waals surface area (Å²) in [5.74, 6) is 1.88. The molecule has 0 aromatic carbocycles. The van der Waals surface area contributed by atoms with Crippen LogP contribution in [0.5, 0.6) is 0 Å². The molecule has 0 radical (unpaired) electrons. The molecule has 0 spiro atoms. The average Bonchev–Trinajstić information content (AvgIpc) is 2.55. The number of azide groups is 1. The predicted octanol–water partition coefficient (Wildman–Crippen LogP) is 2.65. The van der Waals surface area contributed by atoms with Gasteiger partial charge in [0.1, 0.15) is 0 Å². The molecule has 4 rings (SSSR count). The lowest BCUT2D eigenvalue weighted by molar-refractivity contribution is 0.384. The fourth-order valence-corrected chi connectivity index (χ4v) is 3.80. The second-order valence-corrected chi connectivity index (χ2v) is 4.86. The molecule has 2 unspecified atom stereocenters. The van der Waals surface area contributed by atoms with E-state index in [1.165, 1.54) is 0 Å². The fraction of sp³-hybridized carbons (Fsp3) is 0.727. The van der Waals surface area contributed by atoms with E-state index in [4.69, 9.17) is 10.8 Å². The van der Waals surface area contributed by atoms with Crippen molar-refractivity contribution in [2.75, 3.05) is 0 Å². The van der Waals surface area contributed by atoms with Crippen LogP contribution in [0.25, 0.3) is 10.4 Å². The van der Waals surface area contributed by atoms with Gasteiger partial charge < -0.3 is 0 Å². The Morgan fingerprint density at radius 1 is 1.27 bits per heavy atom. The average molecular weight is 200 g/mol. The molecule has 0 N–H and O–H groups in total. The van der Waals surface area contributed by atoms with Gasteiger partial charge in [-0.2, -0.15) is 5.26 Å². The fourth-order valence-electron chi connectivity index (χ4n) is 3.80. The van der Waals surface area contributed by atoms with Gasteiger partial charge in [0.15, 0.2) is 0 Å². The van der Waals surface area contributed by atoms with Crippen molar-refractivity contribution in [2.24, 2.45) is 34.7 Å². The van der Waals surface area contributed by atoms with Crippen molar-refractivity contribution in [1.29, 1.82) is 5.26 Å². The van der Waals surface area contributed by atoms with Crippen molar-refractivity contribution in [3.8, 4) is 6.07 Å². The van der Waals surface area contributed by atoms with E-state index in [1.807, 2.05) is 0 Å². The van der Waals surface area contributed by atoms with Crippen LogP contribution in [0.1, 0.15) is 12.8 Å². The summed E-state index contributed by atoms with van der Waals surface area (Å²) in [7, 11) is 0. The number of hydrogen-bond acceptors (Lipinski definition) is 2. The highest BCUT2D eigenvalue weighted by atomic mass is 15.2. The standard InChI is InChI=1S/C11H12N4/c12-5-10-6-1-2-7-4-8(10)9(3-6)11(7)14-15-13/h1-2,6-11H,3-4H2/t6-,7?,8?,9+,10-,11+/m0/s1. The van der Waals surface area contributed by atoms with Gasteiger partial charge in [0, 0.05) is 11.0 Å². The van der Waals surface area contributed by atoms with Crippen molar-refractivity contribution >= 4 is 0 Å². The second kappa shape index (κ2) is 3.01. The monoisotopic (exact) mass is 200 g/mol. The molecule has 15 heavy (non-hydrogen) atoms. The topological polar surface area (TPSA) is 72.5 Å². The van der Waals surface area contributed by atoms with E-state index in [0.717, 1.165) is 12.8 Å². The van der Waals surface area contributed by atoms with Gasteiger partial charge in [-0.3, -0.25) is 0 Å². The largest absolute Gasteiger partial charge is 0.198 e. The molecule has 4 aliphatic carbocycles. The third-order valence-electron chi connectivity index (χ3n) is 4.38. The molecule has 4 nitrogen and oxygen atoms in total. The Labute approximate surface area is 88.2 Å². The number of nitriles is 1. The molecule has 2 saturated carbocycles. The van der Waals surface area contributed by atoms with E-state index >= 15 is 0 Å². The molecule has 2 fully saturated rings. The van der Waals surface area contributed by atoms with Crippen LogP contribution in [0, 0.1) is 40.9 Å². The molecule has 0 aliphatic heterocycles. The Hall–Kier alpha value is -1.46.